The number of hydrogen-bond acceptors (Lipinski definition) is 3. The summed E-state index contributed by atoms with van der Waals surface area (Å²) in [4.78, 5) is 0. The van der Waals surface area contributed by atoms with Crippen LogP contribution in [0, 0.1) is 0 Å². The van der Waals surface area contributed by atoms with Crippen molar-refractivity contribution in [1.82, 2.24) is 24.9 Å². The van der Waals surface area contributed by atoms with Crippen LogP contribution in [0.4, 0.5) is 0 Å². The molecule has 0 aliphatic carbocycles. The Morgan fingerprint density at radius 2 is 2.17 bits per heavy atom. The molecule has 2 rings (SSSR count). The molecule has 0 saturated carbocycles. The highest BCUT2D eigenvalue weighted by Gasteiger charge is 2.13. The molecule has 0 fully saturated rings. The molecule has 5 nitrogen and oxygen atoms in total. The van der Waals surface area contributed by atoms with Crippen molar-refractivity contribution >= 4 is 15.9 Å². The second kappa shape index (κ2) is 5.67. The number of nitrogens with zero attached hydrogens (tertiary/aromatic N) is 4. The Balaban J connectivity index is 2.20. The predicted molar refractivity (Wildman–Crippen MR) is 74.4 cm³/mol. The van der Waals surface area contributed by atoms with Crippen LogP contribution in [0.5, 0.6) is 0 Å². The Kier molecular flexibility index (Phi) is 4.19. The fourth-order valence-corrected chi connectivity index (χ4v) is 2.65. The van der Waals surface area contributed by atoms with Gasteiger partial charge in [0.1, 0.15) is 0 Å². The summed E-state index contributed by atoms with van der Waals surface area (Å²) in [6.07, 6.45) is 2.93. The third-order valence-electron chi connectivity index (χ3n) is 2.87. The van der Waals surface area contributed by atoms with Crippen molar-refractivity contribution in [3.8, 4) is 0 Å². The molecular formula is C12H18BrN5. The number of aromatic nitrogens is 4. The minimum atomic E-state index is 0.730. The van der Waals surface area contributed by atoms with E-state index in [0.29, 0.717) is 0 Å². The van der Waals surface area contributed by atoms with E-state index in [4.69, 9.17) is 0 Å². The van der Waals surface area contributed by atoms with Crippen LogP contribution in [0.25, 0.3) is 0 Å². The molecule has 1 N–H and O–H groups in total. The summed E-state index contributed by atoms with van der Waals surface area (Å²) < 4.78 is 4.95. The van der Waals surface area contributed by atoms with Gasteiger partial charge in [0.05, 0.1) is 28.1 Å². The lowest BCUT2D eigenvalue weighted by molar-refractivity contribution is 0.605. The van der Waals surface area contributed by atoms with Crippen LogP contribution >= 0.6 is 15.9 Å². The summed E-state index contributed by atoms with van der Waals surface area (Å²) in [5.41, 5.74) is 3.28. The van der Waals surface area contributed by atoms with Gasteiger partial charge in [0.25, 0.3) is 0 Å². The molecule has 0 aliphatic rings. The summed E-state index contributed by atoms with van der Waals surface area (Å²) in [7, 11) is 3.89. The molecule has 0 amide bonds. The van der Waals surface area contributed by atoms with Gasteiger partial charge in [0.15, 0.2) is 0 Å². The van der Waals surface area contributed by atoms with E-state index < -0.39 is 0 Å². The largest absolute Gasteiger partial charge is 0.314 e. The fourth-order valence-electron chi connectivity index (χ4n) is 1.91. The third-order valence-corrected chi connectivity index (χ3v) is 3.78. The molecule has 2 aromatic rings. The van der Waals surface area contributed by atoms with E-state index in [2.05, 4.69) is 38.4 Å². The van der Waals surface area contributed by atoms with Crippen LogP contribution in [0.1, 0.15) is 24.0 Å². The number of rotatable bonds is 5. The summed E-state index contributed by atoms with van der Waals surface area (Å²) in [5.74, 6) is 0. The second-order valence-electron chi connectivity index (χ2n) is 4.22. The van der Waals surface area contributed by atoms with Gasteiger partial charge in [-0.3, -0.25) is 9.36 Å². The fraction of sp³-hybridized carbons (Fsp3) is 0.500. The Morgan fingerprint density at radius 1 is 1.39 bits per heavy atom. The Morgan fingerprint density at radius 3 is 2.78 bits per heavy atom. The average molecular weight is 312 g/mol. The normalized spacial score (nSPS) is 11.1. The molecule has 0 aromatic carbocycles. The first kappa shape index (κ1) is 13.3. The van der Waals surface area contributed by atoms with Gasteiger partial charge in [0.2, 0.25) is 0 Å². The molecule has 18 heavy (non-hydrogen) atoms. The minimum absolute atomic E-state index is 0.730. The smallest absolute Gasteiger partial charge is 0.0839 e. The highest BCUT2D eigenvalue weighted by Crippen LogP contribution is 2.22. The van der Waals surface area contributed by atoms with Crippen LogP contribution in [-0.2, 0) is 26.6 Å². The molecular weight excluding hydrogens is 294 g/mol. The lowest BCUT2D eigenvalue weighted by atomic mass is 10.3. The summed E-state index contributed by atoms with van der Waals surface area (Å²) in [6.45, 7) is 3.63. The Labute approximate surface area is 115 Å². The monoisotopic (exact) mass is 311 g/mol. The molecule has 0 atom stereocenters. The van der Waals surface area contributed by atoms with Crippen molar-refractivity contribution in [3.63, 3.8) is 0 Å². The van der Waals surface area contributed by atoms with E-state index in [1.54, 1.807) is 0 Å². The maximum atomic E-state index is 4.50. The van der Waals surface area contributed by atoms with E-state index in [9.17, 15) is 0 Å². The Bertz CT molecular complexity index is 529. The lowest BCUT2D eigenvalue weighted by Crippen LogP contribution is -2.09. The maximum absolute atomic E-state index is 4.50. The zero-order chi connectivity index (χ0) is 13.1. The lowest BCUT2D eigenvalue weighted by Gasteiger charge is -2.03. The van der Waals surface area contributed by atoms with E-state index in [-0.39, 0.29) is 0 Å². The van der Waals surface area contributed by atoms with Crippen molar-refractivity contribution in [2.75, 3.05) is 7.05 Å². The molecule has 0 spiro atoms. The van der Waals surface area contributed by atoms with Gasteiger partial charge in [-0.05, 0) is 35.5 Å². The highest BCUT2D eigenvalue weighted by molar-refractivity contribution is 9.10. The second-order valence-corrected chi connectivity index (χ2v) is 5.01. The van der Waals surface area contributed by atoms with Gasteiger partial charge in [-0.25, -0.2) is 0 Å². The van der Waals surface area contributed by atoms with Crippen molar-refractivity contribution in [3.05, 3.63) is 33.8 Å². The van der Waals surface area contributed by atoms with Gasteiger partial charge in [-0.15, -0.1) is 0 Å². The first-order chi connectivity index (χ1) is 8.65. The molecule has 0 bridgehead atoms. The standard InChI is InChI=1S/C12H18BrN5/c1-4-10-12(13)11(17(3)16-10)8-18-6-5-9(15-18)7-14-2/h5-6,14H,4,7-8H2,1-3H3. The van der Waals surface area contributed by atoms with Crippen LogP contribution in [0.15, 0.2) is 16.7 Å². The molecule has 0 unspecified atom stereocenters. The van der Waals surface area contributed by atoms with E-state index in [1.165, 1.54) is 0 Å². The molecule has 6 heteroatoms. The molecule has 98 valence electrons. The zero-order valence-corrected chi connectivity index (χ0v) is 12.5. The number of nitrogens with one attached hydrogen (secondary N) is 1. The first-order valence-corrected chi connectivity index (χ1v) is 6.82. The topological polar surface area (TPSA) is 47.7 Å². The van der Waals surface area contributed by atoms with Gasteiger partial charge >= 0.3 is 0 Å². The van der Waals surface area contributed by atoms with E-state index in [0.717, 1.165) is 41.1 Å². The highest BCUT2D eigenvalue weighted by atomic mass is 79.9. The predicted octanol–water partition coefficient (Wildman–Crippen LogP) is 1.71. The summed E-state index contributed by atoms with van der Waals surface area (Å²) in [6, 6.07) is 2.03. The van der Waals surface area contributed by atoms with Crippen molar-refractivity contribution < 1.29 is 0 Å². The maximum Gasteiger partial charge on any atom is 0.0839 e. The molecule has 0 saturated heterocycles. The van der Waals surface area contributed by atoms with E-state index in [1.807, 2.05) is 35.7 Å². The summed E-state index contributed by atoms with van der Waals surface area (Å²) in [5, 5.41) is 12.1. The van der Waals surface area contributed by atoms with Crippen molar-refractivity contribution in [1.29, 1.82) is 0 Å². The third kappa shape index (κ3) is 2.64. The number of aryl methyl sites for hydroxylation is 2. The SMILES string of the molecule is CCc1nn(C)c(Cn2ccc(CNC)n2)c1Br. The van der Waals surface area contributed by atoms with E-state index >= 15 is 0 Å². The number of hydrogen-bond donors (Lipinski definition) is 1. The number of halogens is 1. The average Bonchev–Trinajstić information content (AvgIpc) is 2.89. The van der Waals surface area contributed by atoms with Gasteiger partial charge in [-0.2, -0.15) is 10.2 Å². The zero-order valence-electron chi connectivity index (χ0n) is 10.9. The minimum Gasteiger partial charge on any atom is -0.314 e. The van der Waals surface area contributed by atoms with Crippen molar-refractivity contribution in [2.45, 2.75) is 26.4 Å². The molecule has 2 heterocycles. The Hall–Kier alpha value is -1.14. The van der Waals surface area contributed by atoms with Crippen LogP contribution in [-0.4, -0.2) is 26.6 Å². The van der Waals surface area contributed by atoms with Crippen LogP contribution in [0.2, 0.25) is 0 Å². The molecule has 0 radical (unpaired) electrons. The first-order valence-electron chi connectivity index (χ1n) is 6.02. The molecule has 2 aromatic heterocycles. The van der Waals surface area contributed by atoms with Gasteiger partial charge < -0.3 is 5.32 Å². The van der Waals surface area contributed by atoms with Crippen LogP contribution in [0.3, 0.4) is 0 Å². The quantitative estimate of drug-likeness (QED) is 0.914. The van der Waals surface area contributed by atoms with Crippen molar-refractivity contribution in [2.24, 2.45) is 7.05 Å². The molecule has 0 aliphatic heterocycles. The summed E-state index contributed by atoms with van der Waals surface area (Å²) >= 11 is 3.62. The van der Waals surface area contributed by atoms with Gasteiger partial charge in [0, 0.05) is 19.8 Å². The van der Waals surface area contributed by atoms with Gasteiger partial charge in [-0.1, -0.05) is 6.92 Å². The van der Waals surface area contributed by atoms with Crippen LogP contribution < -0.4 is 5.32 Å².